The minimum atomic E-state index is -1.07. The van der Waals surface area contributed by atoms with Crippen LogP contribution in [-0.4, -0.2) is 34.1 Å². The largest absolute Gasteiger partial charge is 0.479 e. The monoisotopic (exact) mass is 210 g/mol. The molecule has 1 aromatic rings. The molecule has 0 radical (unpaired) electrons. The van der Waals surface area contributed by atoms with Crippen LogP contribution in [0.25, 0.3) is 0 Å². The molecule has 5 nitrogen and oxygen atoms in total. The lowest BCUT2D eigenvalue weighted by Gasteiger charge is -2.13. The summed E-state index contributed by atoms with van der Waals surface area (Å²) in [5.74, 6) is -0.485. The Morgan fingerprint density at radius 1 is 1.40 bits per heavy atom. The molecule has 0 aromatic carbocycles. The van der Waals surface area contributed by atoms with Gasteiger partial charge in [-0.05, 0) is 5.92 Å². The van der Waals surface area contributed by atoms with E-state index in [1.54, 1.807) is 13.8 Å². The van der Waals surface area contributed by atoms with E-state index in [4.69, 9.17) is 4.74 Å². The maximum absolute atomic E-state index is 11.7. The molecule has 1 rings (SSSR count). The molecule has 1 atom stereocenters. The topological polar surface area (TPSA) is 72.3 Å². The zero-order valence-electron chi connectivity index (χ0n) is 8.97. The molecule has 15 heavy (non-hydrogen) atoms. The number of hydrogen-bond donors (Lipinski definition) is 1. The van der Waals surface area contributed by atoms with Gasteiger partial charge >= 0.3 is 0 Å². The summed E-state index contributed by atoms with van der Waals surface area (Å²) in [4.78, 5) is 19.4. The molecule has 0 aliphatic rings. The first-order chi connectivity index (χ1) is 7.07. The number of Topliss-reactive ketones (excluding diaryl/α,β-unsaturated/α-hetero) is 1. The van der Waals surface area contributed by atoms with Crippen LogP contribution in [0.4, 0.5) is 0 Å². The maximum Gasteiger partial charge on any atom is 0.243 e. The van der Waals surface area contributed by atoms with Crippen LogP contribution >= 0.6 is 0 Å². The van der Waals surface area contributed by atoms with Crippen molar-refractivity contribution in [1.29, 1.82) is 0 Å². The van der Waals surface area contributed by atoms with Gasteiger partial charge in [0.05, 0.1) is 7.11 Å². The van der Waals surface area contributed by atoms with Crippen LogP contribution in [0.1, 0.15) is 24.3 Å². The van der Waals surface area contributed by atoms with Gasteiger partial charge in [0.15, 0.2) is 5.69 Å². The number of carbonyl (C=O) groups excluding carboxylic acids is 1. The normalized spacial score (nSPS) is 12.6. The zero-order valence-corrected chi connectivity index (χ0v) is 8.97. The number of carbonyl (C=O) groups is 1. The van der Waals surface area contributed by atoms with Gasteiger partial charge in [0, 0.05) is 12.4 Å². The first-order valence-corrected chi connectivity index (χ1v) is 4.65. The summed E-state index contributed by atoms with van der Waals surface area (Å²) in [6.45, 7) is 3.51. The highest BCUT2D eigenvalue weighted by Crippen LogP contribution is 2.15. The fourth-order valence-electron chi connectivity index (χ4n) is 1.09. The fourth-order valence-corrected chi connectivity index (χ4v) is 1.09. The van der Waals surface area contributed by atoms with Crippen molar-refractivity contribution in [2.45, 2.75) is 20.0 Å². The second kappa shape index (κ2) is 4.84. The van der Waals surface area contributed by atoms with Crippen molar-refractivity contribution < 1.29 is 14.6 Å². The van der Waals surface area contributed by atoms with Crippen molar-refractivity contribution >= 4 is 5.78 Å². The molecule has 0 fully saturated rings. The first-order valence-electron chi connectivity index (χ1n) is 4.65. The average Bonchev–Trinajstić information content (AvgIpc) is 2.26. The molecule has 82 valence electrons. The molecule has 1 N–H and O–H groups in total. The Bertz CT molecular complexity index is 352. The smallest absolute Gasteiger partial charge is 0.243 e. The van der Waals surface area contributed by atoms with E-state index in [1.807, 2.05) is 0 Å². The molecule has 0 aliphatic heterocycles. The lowest BCUT2D eigenvalue weighted by molar-refractivity contribution is 0.0638. The molecule has 5 heteroatoms. The molecule has 0 aliphatic carbocycles. The van der Waals surface area contributed by atoms with E-state index in [9.17, 15) is 9.90 Å². The van der Waals surface area contributed by atoms with E-state index in [2.05, 4.69) is 9.97 Å². The van der Waals surface area contributed by atoms with Gasteiger partial charge in [-0.3, -0.25) is 4.79 Å². The van der Waals surface area contributed by atoms with E-state index < -0.39 is 11.9 Å². The SMILES string of the molecule is COc1nccnc1C(=O)C(O)C(C)C. The molecule has 1 heterocycles. The average molecular weight is 210 g/mol. The predicted octanol–water partition coefficient (Wildman–Crippen LogP) is 0.685. The summed E-state index contributed by atoms with van der Waals surface area (Å²) in [7, 11) is 1.41. The summed E-state index contributed by atoms with van der Waals surface area (Å²) in [6, 6.07) is 0. The molecule has 0 amide bonds. The van der Waals surface area contributed by atoms with Crippen LogP contribution in [0.3, 0.4) is 0 Å². The van der Waals surface area contributed by atoms with Crippen LogP contribution in [0.2, 0.25) is 0 Å². The number of aromatic nitrogens is 2. The molecular weight excluding hydrogens is 196 g/mol. The van der Waals surface area contributed by atoms with Crippen LogP contribution in [0.15, 0.2) is 12.4 Å². The summed E-state index contributed by atoms with van der Waals surface area (Å²) in [5.41, 5.74) is 0.0706. The fraction of sp³-hybridized carbons (Fsp3) is 0.500. The maximum atomic E-state index is 11.7. The number of rotatable bonds is 4. The second-order valence-electron chi connectivity index (χ2n) is 3.47. The van der Waals surface area contributed by atoms with Crippen molar-refractivity contribution in [3.63, 3.8) is 0 Å². The Kier molecular flexibility index (Phi) is 3.74. The predicted molar refractivity (Wildman–Crippen MR) is 53.8 cm³/mol. The van der Waals surface area contributed by atoms with Gasteiger partial charge in [0.25, 0.3) is 0 Å². The van der Waals surface area contributed by atoms with Gasteiger partial charge in [-0.25, -0.2) is 9.97 Å². The molecule has 1 aromatic heterocycles. The Hall–Kier alpha value is -1.49. The number of nitrogens with zero attached hydrogens (tertiary/aromatic N) is 2. The Morgan fingerprint density at radius 2 is 2.00 bits per heavy atom. The number of methoxy groups -OCH3 is 1. The number of hydrogen-bond acceptors (Lipinski definition) is 5. The summed E-state index contributed by atoms with van der Waals surface area (Å²) < 4.78 is 4.89. The molecule has 0 bridgehead atoms. The van der Waals surface area contributed by atoms with Gasteiger partial charge in [-0.15, -0.1) is 0 Å². The van der Waals surface area contributed by atoms with Crippen molar-refractivity contribution in [3.05, 3.63) is 18.1 Å². The molecule has 0 spiro atoms. The van der Waals surface area contributed by atoms with E-state index >= 15 is 0 Å². The number of ketones is 1. The van der Waals surface area contributed by atoms with Gasteiger partial charge in [0.1, 0.15) is 6.10 Å². The van der Waals surface area contributed by atoms with Crippen molar-refractivity contribution in [2.24, 2.45) is 5.92 Å². The highest BCUT2D eigenvalue weighted by atomic mass is 16.5. The summed E-state index contributed by atoms with van der Waals surface area (Å²) >= 11 is 0. The standard InChI is InChI=1S/C10H14N2O3/c1-6(2)8(13)9(14)7-10(15-3)12-5-4-11-7/h4-6,8,13H,1-3H3. The zero-order chi connectivity index (χ0) is 11.4. The number of aliphatic hydroxyl groups is 1. The molecular formula is C10H14N2O3. The van der Waals surface area contributed by atoms with Crippen molar-refractivity contribution in [2.75, 3.05) is 7.11 Å². The number of aliphatic hydroxyl groups excluding tert-OH is 1. The van der Waals surface area contributed by atoms with E-state index in [1.165, 1.54) is 19.5 Å². The summed E-state index contributed by atoms with van der Waals surface area (Å²) in [5, 5.41) is 9.60. The van der Waals surface area contributed by atoms with Crippen molar-refractivity contribution in [1.82, 2.24) is 9.97 Å². The van der Waals surface area contributed by atoms with Crippen LogP contribution in [0.5, 0.6) is 5.88 Å². The third kappa shape index (κ3) is 2.50. The highest BCUT2D eigenvalue weighted by Gasteiger charge is 2.25. The minimum absolute atomic E-state index is 0.0706. The lowest BCUT2D eigenvalue weighted by atomic mass is 10.0. The van der Waals surface area contributed by atoms with E-state index in [0.717, 1.165) is 0 Å². The van der Waals surface area contributed by atoms with Crippen LogP contribution in [0, 0.1) is 5.92 Å². The molecule has 1 unspecified atom stereocenters. The second-order valence-corrected chi connectivity index (χ2v) is 3.47. The summed E-state index contributed by atoms with van der Waals surface area (Å²) in [6.07, 6.45) is 1.75. The third-order valence-corrected chi connectivity index (χ3v) is 1.99. The minimum Gasteiger partial charge on any atom is -0.479 e. The van der Waals surface area contributed by atoms with Crippen LogP contribution < -0.4 is 4.74 Å². The van der Waals surface area contributed by atoms with E-state index in [-0.39, 0.29) is 17.5 Å². The van der Waals surface area contributed by atoms with E-state index in [0.29, 0.717) is 0 Å². The Labute approximate surface area is 88.1 Å². The van der Waals surface area contributed by atoms with Crippen LogP contribution in [-0.2, 0) is 0 Å². The lowest BCUT2D eigenvalue weighted by Crippen LogP contribution is -2.27. The van der Waals surface area contributed by atoms with Gasteiger partial charge in [-0.2, -0.15) is 0 Å². The van der Waals surface area contributed by atoms with Gasteiger partial charge in [0.2, 0.25) is 11.7 Å². The molecule has 0 saturated heterocycles. The molecule has 0 saturated carbocycles. The Balaban J connectivity index is 3.00. The number of ether oxygens (including phenoxy) is 1. The quantitative estimate of drug-likeness (QED) is 0.740. The van der Waals surface area contributed by atoms with Crippen molar-refractivity contribution in [3.8, 4) is 5.88 Å². The first kappa shape index (κ1) is 11.6. The Morgan fingerprint density at radius 3 is 2.53 bits per heavy atom. The van der Waals surface area contributed by atoms with Gasteiger partial charge < -0.3 is 9.84 Å². The third-order valence-electron chi connectivity index (χ3n) is 1.99. The highest BCUT2D eigenvalue weighted by molar-refractivity contribution is 5.99. The van der Waals surface area contributed by atoms with Gasteiger partial charge in [-0.1, -0.05) is 13.8 Å².